The molecule has 0 aromatic carbocycles. The lowest BCUT2D eigenvalue weighted by Gasteiger charge is -2.50. The molecule has 0 spiro atoms. The summed E-state index contributed by atoms with van der Waals surface area (Å²) in [6.07, 6.45) is 1.43. The fraction of sp³-hybridized carbons (Fsp3) is 1.00. The minimum Gasteiger partial charge on any atom is -0.413 e. The van der Waals surface area contributed by atoms with Crippen LogP contribution in [0, 0.1) is 0 Å². The number of hydrogen-bond acceptors (Lipinski definition) is 8. The third-order valence-electron chi connectivity index (χ3n) is 4.80. The smallest absolute Gasteiger partial charge is 0.344 e. The maximum Gasteiger partial charge on any atom is 0.344 e. The fourth-order valence-corrected chi connectivity index (χ4v) is 25.0. The average molecular weight is 585 g/mol. The van der Waals surface area contributed by atoms with Crippen LogP contribution in [0.1, 0.15) is 83.1 Å². The van der Waals surface area contributed by atoms with Crippen LogP contribution in [0.2, 0.25) is 26.2 Å². The van der Waals surface area contributed by atoms with Crippen molar-refractivity contribution in [3.05, 3.63) is 0 Å². The first-order valence-electron chi connectivity index (χ1n) is 13.0. The van der Waals surface area contributed by atoms with Gasteiger partial charge in [-0.3, -0.25) is 0 Å². The first-order valence-corrected chi connectivity index (χ1v) is 23.1. The van der Waals surface area contributed by atoms with Gasteiger partial charge in [0, 0.05) is 0 Å². The zero-order valence-electron chi connectivity index (χ0n) is 26.1. The normalized spacial score (nSPS) is 33.3. The van der Waals surface area contributed by atoms with E-state index in [2.05, 4.69) is 0 Å². The molecular formula is C24H56O8Si4. The molecule has 1 rings (SSSR count). The van der Waals surface area contributed by atoms with E-state index in [1.165, 1.54) is 0 Å². The third kappa shape index (κ3) is 14.1. The van der Waals surface area contributed by atoms with Crippen molar-refractivity contribution >= 4 is 34.2 Å². The molecule has 0 aromatic rings. The number of ether oxygens (including phenoxy) is 4. The Balaban J connectivity index is 3.48. The summed E-state index contributed by atoms with van der Waals surface area (Å²) < 4.78 is 52.9. The molecule has 36 heavy (non-hydrogen) atoms. The van der Waals surface area contributed by atoms with Crippen LogP contribution >= 0.6 is 0 Å². The molecule has 1 heterocycles. The highest BCUT2D eigenvalue weighted by Crippen LogP contribution is 2.34. The zero-order chi connectivity index (χ0) is 28.5. The van der Waals surface area contributed by atoms with E-state index in [1.807, 2.05) is 109 Å². The van der Waals surface area contributed by atoms with E-state index in [0.717, 1.165) is 0 Å². The Hall–Kier alpha value is 0.548. The minimum atomic E-state index is -2.94. The van der Waals surface area contributed by atoms with Crippen molar-refractivity contribution in [3.8, 4) is 0 Å². The summed E-state index contributed by atoms with van der Waals surface area (Å²) in [4.78, 5) is 0. The van der Waals surface area contributed by atoms with Gasteiger partial charge in [0.25, 0.3) is 0 Å². The van der Waals surface area contributed by atoms with Crippen molar-refractivity contribution in [2.75, 3.05) is 24.9 Å². The summed E-state index contributed by atoms with van der Waals surface area (Å²) in [5.41, 5.74) is -1.35. The number of hydrogen-bond donors (Lipinski definition) is 0. The van der Waals surface area contributed by atoms with E-state index in [-0.39, 0.29) is 22.4 Å². The Morgan fingerprint density at radius 3 is 0.611 bits per heavy atom. The highest BCUT2D eigenvalue weighted by Gasteiger charge is 2.58. The standard InChI is InChI=1S/C24H56O8Si4/c1-21(2,3)25-17-33(13)29-34(14,18-26-22(4,5)6)31-36(16,20-28-24(10,11)12)32-35(15,30-33)19-27-23(7,8)9/h17-20H2,1-16H3. The van der Waals surface area contributed by atoms with Crippen molar-refractivity contribution in [3.63, 3.8) is 0 Å². The highest BCUT2D eigenvalue weighted by molar-refractivity contribution is 6.93. The second-order valence-electron chi connectivity index (χ2n) is 14.5. The van der Waals surface area contributed by atoms with E-state index in [1.54, 1.807) is 0 Å². The molecule has 0 radical (unpaired) electrons. The molecule has 1 saturated heterocycles. The Labute approximate surface area is 226 Å². The fourth-order valence-electron chi connectivity index (χ4n) is 3.54. The van der Waals surface area contributed by atoms with Gasteiger partial charge in [-0.05, 0) is 109 Å². The molecule has 0 saturated carbocycles. The van der Waals surface area contributed by atoms with Gasteiger partial charge in [0.05, 0.1) is 47.3 Å². The molecule has 0 bridgehead atoms. The van der Waals surface area contributed by atoms with Gasteiger partial charge in [0.15, 0.2) is 0 Å². The predicted octanol–water partition coefficient (Wildman–Crippen LogP) is 5.77. The first-order chi connectivity index (χ1) is 15.7. The summed E-state index contributed by atoms with van der Waals surface area (Å²) in [6, 6.07) is 0. The Morgan fingerprint density at radius 1 is 0.361 bits per heavy atom. The van der Waals surface area contributed by atoms with Gasteiger partial charge in [-0.2, -0.15) is 0 Å². The van der Waals surface area contributed by atoms with Crippen molar-refractivity contribution in [1.82, 2.24) is 0 Å². The lowest BCUT2D eigenvalue weighted by atomic mass is 10.2. The zero-order valence-corrected chi connectivity index (χ0v) is 30.1. The van der Waals surface area contributed by atoms with E-state index in [9.17, 15) is 0 Å². The molecule has 0 N–H and O–H groups in total. The quantitative estimate of drug-likeness (QED) is 0.333. The lowest BCUT2D eigenvalue weighted by Crippen LogP contribution is -2.72. The Morgan fingerprint density at radius 2 is 0.500 bits per heavy atom. The third-order valence-corrected chi connectivity index (χ3v) is 21.3. The average Bonchev–Trinajstić information content (AvgIpc) is 2.59. The van der Waals surface area contributed by atoms with Gasteiger partial charge in [-0.25, -0.2) is 0 Å². The SMILES string of the molecule is CC(C)(C)OC[Si]1(C)O[Si](C)(COC(C)(C)C)O[Si](C)(COC(C)(C)C)O[Si](C)(COC(C)(C)C)O1. The molecule has 8 nitrogen and oxygen atoms in total. The van der Waals surface area contributed by atoms with Crippen LogP contribution in [-0.4, -0.2) is 81.6 Å². The van der Waals surface area contributed by atoms with Crippen LogP contribution in [0.5, 0.6) is 0 Å². The summed E-state index contributed by atoms with van der Waals surface area (Å²) in [5, 5.41) is 0. The van der Waals surface area contributed by atoms with Crippen LogP contribution in [0.25, 0.3) is 0 Å². The molecule has 12 heteroatoms. The van der Waals surface area contributed by atoms with Gasteiger partial charge < -0.3 is 35.4 Å². The molecule has 1 aliphatic heterocycles. The largest absolute Gasteiger partial charge is 0.413 e. The molecule has 1 fully saturated rings. The maximum absolute atomic E-state index is 6.97. The molecular weight excluding hydrogens is 529 g/mol. The summed E-state index contributed by atoms with van der Waals surface area (Å²) >= 11 is 0. The number of rotatable bonds is 8. The van der Waals surface area contributed by atoms with Gasteiger partial charge >= 0.3 is 34.2 Å². The van der Waals surface area contributed by atoms with Crippen molar-refractivity contribution < 1.29 is 35.4 Å². The molecule has 1 aliphatic rings. The molecule has 0 aromatic heterocycles. The van der Waals surface area contributed by atoms with Crippen LogP contribution in [0.15, 0.2) is 0 Å². The van der Waals surface area contributed by atoms with E-state index >= 15 is 0 Å². The highest BCUT2D eigenvalue weighted by atomic mass is 28.5. The van der Waals surface area contributed by atoms with E-state index in [4.69, 9.17) is 35.4 Å². The molecule has 216 valence electrons. The van der Waals surface area contributed by atoms with Gasteiger partial charge in [-0.1, -0.05) is 0 Å². The van der Waals surface area contributed by atoms with Crippen LogP contribution in [0.3, 0.4) is 0 Å². The Bertz CT molecular complexity index is 579. The second-order valence-corrected chi connectivity index (χ2v) is 28.0. The Kier molecular flexibility index (Phi) is 11.1. The van der Waals surface area contributed by atoms with Gasteiger partial charge in [0.1, 0.15) is 0 Å². The van der Waals surface area contributed by atoms with Crippen molar-refractivity contribution in [1.29, 1.82) is 0 Å². The molecule has 0 amide bonds. The molecule has 0 atom stereocenters. The summed E-state index contributed by atoms with van der Waals surface area (Å²) in [7, 11) is -11.8. The molecule has 0 aliphatic carbocycles. The van der Waals surface area contributed by atoms with E-state index in [0.29, 0.717) is 24.9 Å². The van der Waals surface area contributed by atoms with Crippen molar-refractivity contribution in [2.24, 2.45) is 0 Å². The predicted molar refractivity (Wildman–Crippen MR) is 154 cm³/mol. The maximum atomic E-state index is 6.97. The van der Waals surface area contributed by atoms with E-state index < -0.39 is 34.2 Å². The molecule has 0 unspecified atom stereocenters. The summed E-state index contributed by atoms with van der Waals surface area (Å²) in [5.74, 6) is 0. The van der Waals surface area contributed by atoms with Gasteiger partial charge in [0.2, 0.25) is 0 Å². The summed E-state index contributed by atoms with van der Waals surface area (Å²) in [6.45, 7) is 32.6. The first kappa shape index (κ1) is 34.6. The monoisotopic (exact) mass is 584 g/mol. The van der Waals surface area contributed by atoms with Crippen LogP contribution in [-0.2, 0) is 35.4 Å². The van der Waals surface area contributed by atoms with Crippen LogP contribution < -0.4 is 0 Å². The minimum absolute atomic E-state index is 0.337. The second kappa shape index (κ2) is 11.6. The topological polar surface area (TPSA) is 73.8 Å². The van der Waals surface area contributed by atoms with Gasteiger partial charge in [-0.15, -0.1) is 0 Å². The van der Waals surface area contributed by atoms with Crippen molar-refractivity contribution in [2.45, 2.75) is 132 Å². The van der Waals surface area contributed by atoms with Crippen LogP contribution in [0.4, 0.5) is 0 Å². The lowest BCUT2D eigenvalue weighted by molar-refractivity contribution is -0.0128.